The van der Waals surface area contributed by atoms with Crippen LogP contribution in [0, 0.1) is 0 Å². The third-order valence-electron chi connectivity index (χ3n) is 2.92. The van der Waals surface area contributed by atoms with Crippen LogP contribution in [0.15, 0.2) is 29.8 Å². The number of hydrogen-bond acceptors (Lipinski definition) is 2. The van der Waals surface area contributed by atoms with Crippen LogP contribution in [0.25, 0.3) is 6.08 Å². The zero-order valence-electron chi connectivity index (χ0n) is 12.2. The molecule has 0 radical (unpaired) electrons. The number of hydrogen-bond donors (Lipinski definition) is 0. The fourth-order valence-corrected chi connectivity index (χ4v) is 2.01. The summed E-state index contributed by atoms with van der Waals surface area (Å²) in [7, 11) is 0. The zero-order valence-corrected chi connectivity index (χ0v) is 12.2. The van der Waals surface area contributed by atoms with E-state index in [0.717, 1.165) is 19.3 Å². The second kappa shape index (κ2) is 8.52. The number of aryl methyl sites for hydroxylation is 1. The van der Waals surface area contributed by atoms with E-state index in [0.29, 0.717) is 6.61 Å². The summed E-state index contributed by atoms with van der Waals surface area (Å²) in [4.78, 5) is 10.9. The topological polar surface area (TPSA) is 26.3 Å². The number of carbonyl (C=O) groups excluding carboxylic acids is 1. The molecule has 0 aliphatic rings. The molecule has 0 aliphatic heterocycles. The predicted octanol–water partition coefficient (Wildman–Crippen LogP) is 4.39. The Morgan fingerprint density at radius 1 is 1.16 bits per heavy atom. The van der Waals surface area contributed by atoms with Gasteiger partial charge in [0.2, 0.25) is 0 Å². The molecule has 0 N–H and O–H groups in total. The van der Waals surface area contributed by atoms with Crippen molar-refractivity contribution in [3.63, 3.8) is 0 Å². The Morgan fingerprint density at radius 2 is 1.84 bits per heavy atom. The first-order valence-corrected chi connectivity index (χ1v) is 7.07. The lowest BCUT2D eigenvalue weighted by Crippen LogP contribution is -2.03. The van der Waals surface area contributed by atoms with Gasteiger partial charge < -0.3 is 4.74 Å². The molecule has 0 saturated carbocycles. The number of carbonyl (C=O) groups is 1. The summed E-state index contributed by atoms with van der Waals surface area (Å²) < 4.78 is 5.08. The molecule has 1 aromatic rings. The van der Waals surface area contributed by atoms with Gasteiger partial charge in [0.15, 0.2) is 0 Å². The number of esters is 1. The van der Waals surface area contributed by atoms with Gasteiger partial charge in [-0.2, -0.15) is 0 Å². The lowest BCUT2D eigenvalue weighted by Gasteiger charge is -2.07. The summed E-state index contributed by atoms with van der Waals surface area (Å²) in [6.45, 7) is 6.17. The van der Waals surface area contributed by atoms with Crippen LogP contribution in [0.3, 0.4) is 0 Å². The van der Waals surface area contributed by atoms with Gasteiger partial charge in [0.05, 0.1) is 0 Å². The Hall–Kier alpha value is -1.57. The Bertz CT molecular complexity index is 415. The van der Waals surface area contributed by atoms with Gasteiger partial charge >= 0.3 is 5.97 Å². The fraction of sp³-hybridized carbons (Fsp3) is 0.471. The molecule has 2 nitrogen and oxygen atoms in total. The largest absolute Gasteiger partial charge is 0.461 e. The second-order valence-corrected chi connectivity index (χ2v) is 4.82. The van der Waals surface area contributed by atoms with Gasteiger partial charge in [-0.1, -0.05) is 57.0 Å². The van der Waals surface area contributed by atoms with Crippen molar-refractivity contribution >= 4 is 12.0 Å². The van der Waals surface area contributed by atoms with Gasteiger partial charge in [-0.15, -0.1) is 0 Å². The smallest absolute Gasteiger partial charge is 0.302 e. The minimum atomic E-state index is -0.222. The third kappa shape index (κ3) is 6.23. The van der Waals surface area contributed by atoms with Gasteiger partial charge in [0.1, 0.15) is 6.61 Å². The molecule has 0 heterocycles. The summed E-state index contributed by atoms with van der Waals surface area (Å²) in [5.41, 5.74) is 3.72. The number of ether oxygens (including phenoxy) is 1. The van der Waals surface area contributed by atoms with Crippen LogP contribution in [0.4, 0.5) is 0 Å². The van der Waals surface area contributed by atoms with Gasteiger partial charge in [0, 0.05) is 6.92 Å². The van der Waals surface area contributed by atoms with Crippen molar-refractivity contribution in [1.29, 1.82) is 0 Å². The third-order valence-corrected chi connectivity index (χ3v) is 2.92. The molecule has 104 valence electrons. The van der Waals surface area contributed by atoms with Crippen molar-refractivity contribution in [1.82, 2.24) is 0 Å². The lowest BCUT2D eigenvalue weighted by atomic mass is 10.0. The van der Waals surface area contributed by atoms with E-state index in [4.69, 9.17) is 4.74 Å². The van der Waals surface area contributed by atoms with Crippen LogP contribution in [0.2, 0.25) is 0 Å². The molecule has 2 heteroatoms. The maximum absolute atomic E-state index is 10.9. The maximum atomic E-state index is 10.9. The summed E-state index contributed by atoms with van der Waals surface area (Å²) in [5, 5.41) is 0. The molecule has 19 heavy (non-hydrogen) atoms. The second-order valence-electron chi connectivity index (χ2n) is 4.82. The van der Waals surface area contributed by atoms with E-state index in [-0.39, 0.29) is 5.97 Å². The van der Waals surface area contributed by atoms with E-state index in [1.165, 1.54) is 30.0 Å². The van der Waals surface area contributed by atoms with Crippen LogP contribution in [0.1, 0.15) is 51.2 Å². The molecule has 0 bridgehead atoms. The Morgan fingerprint density at radius 3 is 2.37 bits per heavy atom. The lowest BCUT2D eigenvalue weighted by molar-refractivity contribution is -0.140. The van der Waals surface area contributed by atoms with Crippen molar-refractivity contribution in [2.24, 2.45) is 0 Å². The molecule has 0 aliphatic carbocycles. The highest BCUT2D eigenvalue weighted by Gasteiger charge is 2.01. The Balaban J connectivity index is 2.73. The van der Waals surface area contributed by atoms with Crippen LogP contribution in [-0.2, 0) is 16.0 Å². The van der Waals surface area contributed by atoms with E-state index in [2.05, 4.69) is 44.2 Å². The van der Waals surface area contributed by atoms with E-state index in [9.17, 15) is 4.79 Å². The molecule has 0 aromatic heterocycles. The molecule has 0 atom stereocenters. The fourth-order valence-electron chi connectivity index (χ4n) is 2.01. The molecule has 0 saturated heterocycles. The molecular weight excluding hydrogens is 236 g/mol. The summed E-state index contributed by atoms with van der Waals surface area (Å²) in [5.74, 6) is -0.222. The highest BCUT2D eigenvalue weighted by molar-refractivity contribution is 5.66. The van der Waals surface area contributed by atoms with Crippen molar-refractivity contribution in [2.75, 3.05) is 6.61 Å². The van der Waals surface area contributed by atoms with Gasteiger partial charge in [-0.3, -0.25) is 4.79 Å². The van der Waals surface area contributed by atoms with Gasteiger partial charge in [-0.25, -0.2) is 0 Å². The van der Waals surface area contributed by atoms with E-state index >= 15 is 0 Å². The van der Waals surface area contributed by atoms with Crippen LogP contribution in [-0.4, -0.2) is 12.6 Å². The standard InChI is InChI=1S/C17H24O2/c1-4-6-15-8-10-16(11-9-15)12-17(7-5-2)13-19-14(3)18/h8-12H,4-7,13H2,1-3H3. The average molecular weight is 260 g/mol. The van der Waals surface area contributed by atoms with Crippen molar-refractivity contribution < 1.29 is 9.53 Å². The minimum Gasteiger partial charge on any atom is -0.461 e. The number of rotatable bonds is 7. The average Bonchev–Trinajstić information content (AvgIpc) is 2.39. The van der Waals surface area contributed by atoms with Crippen molar-refractivity contribution in [2.45, 2.75) is 46.5 Å². The molecular formula is C17H24O2. The first kappa shape index (κ1) is 15.5. The maximum Gasteiger partial charge on any atom is 0.302 e. The Labute approximate surface area is 116 Å². The monoisotopic (exact) mass is 260 g/mol. The quantitative estimate of drug-likeness (QED) is 0.680. The van der Waals surface area contributed by atoms with Gasteiger partial charge in [-0.05, 0) is 29.5 Å². The first-order chi connectivity index (χ1) is 9.15. The molecule has 0 amide bonds. The van der Waals surface area contributed by atoms with Gasteiger partial charge in [0.25, 0.3) is 0 Å². The van der Waals surface area contributed by atoms with E-state index in [1.54, 1.807) is 0 Å². The summed E-state index contributed by atoms with van der Waals surface area (Å²) >= 11 is 0. The van der Waals surface area contributed by atoms with E-state index in [1.807, 2.05) is 0 Å². The minimum absolute atomic E-state index is 0.222. The molecule has 1 rings (SSSR count). The highest BCUT2D eigenvalue weighted by atomic mass is 16.5. The summed E-state index contributed by atoms with van der Waals surface area (Å²) in [6.07, 6.45) is 6.44. The zero-order chi connectivity index (χ0) is 14.1. The highest BCUT2D eigenvalue weighted by Crippen LogP contribution is 2.14. The number of benzene rings is 1. The summed E-state index contributed by atoms with van der Waals surface area (Å²) in [6, 6.07) is 8.61. The molecule has 0 unspecified atom stereocenters. The normalized spacial score (nSPS) is 11.4. The predicted molar refractivity (Wildman–Crippen MR) is 80.0 cm³/mol. The van der Waals surface area contributed by atoms with Crippen molar-refractivity contribution in [3.05, 3.63) is 41.0 Å². The molecule has 1 aromatic carbocycles. The van der Waals surface area contributed by atoms with E-state index < -0.39 is 0 Å². The SMILES string of the molecule is CCCC(=Cc1ccc(CCC)cc1)COC(C)=O. The first-order valence-electron chi connectivity index (χ1n) is 7.07. The van der Waals surface area contributed by atoms with Crippen LogP contribution in [0.5, 0.6) is 0 Å². The molecule has 0 fully saturated rings. The van der Waals surface area contributed by atoms with Crippen LogP contribution < -0.4 is 0 Å². The molecule has 0 spiro atoms. The van der Waals surface area contributed by atoms with Crippen molar-refractivity contribution in [3.8, 4) is 0 Å². The van der Waals surface area contributed by atoms with Crippen LogP contribution >= 0.6 is 0 Å². The Kier molecular flexibility index (Phi) is 6.94.